The normalized spacial score (nSPS) is 14.8. The lowest BCUT2D eigenvalue weighted by Gasteiger charge is -2.28. The highest BCUT2D eigenvalue weighted by Crippen LogP contribution is 2.52. The van der Waals surface area contributed by atoms with Crippen LogP contribution in [0, 0.1) is 0 Å². The van der Waals surface area contributed by atoms with Crippen molar-refractivity contribution in [1.82, 2.24) is 9.13 Å². The lowest BCUT2D eigenvalue weighted by Crippen LogP contribution is -2.46. The van der Waals surface area contributed by atoms with Gasteiger partial charge in [0, 0.05) is 87.9 Å². The Hall–Kier alpha value is -2.83. The van der Waals surface area contributed by atoms with Crippen LogP contribution in [0.3, 0.4) is 0 Å². The lowest BCUT2D eigenvalue weighted by atomic mass is 9.77. The van der Waals surface area contributed by atoms with Gasteiger partial charge >= 0.3 is 17.6 Å². The van der Waals surface area contributed by atoms with Crippen LogP contribution in [0.4, 0.5) is 0 Å². The van der Waals surface area contributed by atoms with Gasteiger partial charge in [-0.2, -0.15) is 0 Å². The first kappa shape index (κ1) is 38.0. The molecule has 2 aromatic heterocycles. The summed E-state index contributed by atoms with van der Waals surface area (Å²) >= 11 is 0. The topological polar surface area (TPSA) is 146 Å². The van der Waals surface area contributed by atoms with Gasteiger partial charge in [0.25, 0.3) is 0 Å². The summed E-state index contributed by atoms with van der Waals surface area (Å²) in [7, 11) is -5.79. The van der Waals surface area contributed by atoms with E-state index in [2.05, 4.69) is 0 Å². The highest BCUT2D eigenvalue weighted by molar-refractivity contribution is 6.61. The fraction of sp³-hybridized carbons (Fsp3) is 0.588. The molecule has 0 radical (unpaired) electrons. The Labute approximate surface area is 286 Å². The van der Waals surface area contributed by atoms with Crippen LogP contribution in [-0.2, 0) is 46.1 Å². The first-order valence-electron chi connectivity index (χ1n) is 17.3. The number of rotatable bonds is 21. The third kappa shape index (κ3) is 7.97. The van der Waals surface area contributed by atoms with Gasteiger partial charge in [-0.15, -0.1) is 0 Å². The van der Waals surface area contributed by atoms with Crippen LogP contribution in [0.5, 0.6) is 23.5 Å². The maximum atomic E-state index is 11.5. The lowest BCUT2D eigenvalue weighted by molar-refractivity contribution is 0.0696. The fourth-order valence-electron chi connectivity index (χ4n) is 6.89. The van der Waals surface area contributed by atoms with Crippen molar-refractivity contribution in [3.63, 3.8) is 0 Å². The first-order chi connectivity index (χ1) is 23.1. The Morgan fingerprint density at radius 2 is 1.10 bits per heavy atom. The zero-order chi connectivity index (χ0) is 34.9. The van der Waals surface area contributed by atoms with E-state index in [1.807, 2.05) is 65.8 Å². The molecule has 2 heterocycles. The predicted octanol–water partition coefficient (Wildman–Crippen LogP) is 6.34. The zero-order valence-corrected chi connectivity index (χ0v) is 31.3. The molecule has 14 heteroatoms. The van der Waals surface area contributed by atoms with Crippen molar-refractivity contribution < 1.29 is 47.0 Å². The molecule has 1 aliphatic carbocycles. The monoisotopic (exact) mass is 706 g/mol. The molecule has 0 saturated heterocycles. The van der Waals surface area contributed by atoms with E-state index < -0.39 is 17.6 Å². The third-order valence-electron chi connectivity index (χ3n) is 8.69. The second-order valence-corrected chi connectivity index (χ2v) is 17.1. The van der Waals surface area contributed by atoms with E-state index in [4.69, 9.17) is 26.6 Å². The molecule has 1 aromatic carbocycles. The van der Waals surface area contributed by atoms with E-state index >= 15 is 0 Å². The number of hydrogen-bond donors (Lipinski definition) is 4. The number of fused-ring (bicyclic) bond motifs is 3. The van der Waals surface area contributed by atoms with E-state index in [9.17, 15) is 20.4 Å². The standard InChI is InChI=1S/C34H54N2O10Si2/c1-7-41-47(42-8-2,43-9-3)21-15-19-35-30(37)24-28(32(35)38)27-23-29-31(26-18-14-13-17-25(26)27)34(40)36(33(29)39)20-16-22-48(44-10-4,45-11-5)46-12-6/h13-14,17-18,24,27,37-40H,7-12,15-16,19-23H2,1-6H3. The number of benzene rings is 1. The molecule has 4 N–H and O–H groups in total. The molecule has 1 aliphatic rings. The Morgan fingerprint density at radius 3 is 1.60 bits per heavy atom. The van der Waals surface area contributed by atoms with Crippen LogP contribution in [0.25, 0.3) is 11.1 Å². The SMILES string of the molecule is CCO[Si](CCCn1c(O)cc(C2Cc3c(c(O)n(CCC[Si](OCC)(OCC)OCC)c3O)-c3ccccc32)c1O)(OCC)OCC. The quantitative estimate of drug-likeness (QED) is 0.0926. The average molecular weight is 707 g/mol. The molecule has 0 saturated carbocycles. The van der Waals surface area contributed by atoms with Crippen molar-refractivity contribution in [2.45, 2.75) is 91.9 Å². The second kappa shape index (κ2) is 17.2. The van der Waals surface area contributed by atoms with Gasteiger partial charge in [0.1, 0.15) is 0 Å². The van der Waals surface area contributed by atoms with Crippen LogP contribution in [0.1, 0.15) is 77.0 Å². The van der Waals surface area contributed by atoms with E-state index in [0.29, 0.717) is 101 Å². The Bertz CT molecular complexity index is 1440. The van der Waals surface area contributed by atoms with Gasteiger partial charge in [0.15, 0.2) is 17.6 Å². The number of aromatic nitrogens is 2. The second-order valence-electron chi connectivity index (χ2n) is 11.6. The summed E-state index contributed by atoms with van der Waals surface area (Å²) in [6, 6.07) is 10.3. The minimum absolute atomic E-state index is 0.0138. The molecule has 0 spiro atoms. The molecule has 268 valence electrons. The predicted molar refractivity (Wildman–Crippen MR) is 187 cm³/mol. The summed E-state index contributed by atoms with van der Waals surface area (Å²) in [6.45, 7) is 15.0. The number of nitrogens with zero attached hydrogens (tertiary/aromatic N) is 2. The molecule has 0 amide bonds. The van der Waals surface area contributed by atoms with E-state index in [1.165, 1.54) is 9.13 Å². The molecule has 0 fully saturated rings. The average Bonchev–Trinajstić information content (AvgIpc) is 3.47. The minimum Gasteiger partial charge on any atom is -0.494 e. The molecule has 3 aromatic rings. The Kier molecular flexibility index (Phi) is 13.6. The molecular formula is C34H54N2O10Si2. The van der Waals surface area contributed by atoms with Crippen molar-refractivity contribution in [2.24, 2.45) is 0 Å². The summed E-state index contributed by atoms with van der Waals surface area (Å²) in [5.74, 6) is -0.512. The van der Waals surface area contributed by atoms with Crippen LogP contribution >= 0.6 is 0 Å². The van der Waals surface area contributed by atoms with E-state index in [-0.39, 0.29) is 29.4 Å². The molecule has 4 rings (SSSR count). The van der Waals surface area contributed by atoms with Gasteiger partial charge in [-0.05, 0) is 71.9 Å². The van der Waals surface area contributed by atoms with Gasteiger partial charge in [0.2, 0.25) is 5.88 Å². The van der Waals surface area contributed by atoms with Gasteiger partial charge in [-0.1, -0.05) is 24.3 Å². The maximum absolute atomic E-state index is 11.5. The maximum Gasteiger partial charge on any atom is 0.500 e. The van der Waals surface area contributed by atoms with Crippen molar-refractivity contribution >= 4 is 17.6 Å². The molecule has 1 unspecified atom stereocenters. The van der Waals surface area contributed by atoms with Crippen LogP contribution in [0.2, 0.25) is 12.1 Å². The highest BCUT2D eigenvalue weighted by Gasteiger charge is 2.42. The van der Waals surface area contributed by atoms with Gasteiger partial charge < -0.3 is 47.0 Å². The van der Waals surface area contributed by atoms with Crippen molar-refractivity contribution in [2.75, 3.05) is 39.6 Å². The molecule has 1 atom stereocenters. The summed E-state index contributed by atoms with van der Waals surface area (Å²) in [4.78, 5) is 0. The molecule has 0 aliphatic heterocycles. The smallest absolute Gasteiger partial charge is 0.494 e. The van der Waals surface area contributed by atoms with E-state index in [1.54, 1.807) is 6.07 Å². The highest BCUT2D eigenvalue weighted by atomic mass is 28.4. The Morgan fingerprint density at radius 1 is 0.625 bits per heavy atom. The van der Waals surface area contributed by atoms with Gasteiger partial charge in [-0.3, -0.25) is 9.13 Å². The number of hydrogen-bond acceptors (Lipinski definition) is 10. The molecular weight excluding hydrogens is 653 g/mol. The molecule has 0 bridgehead atoms. The third-order valence-corrected chi connectivity index (χ3v) is 15.0. The van der Waals surface area contributed by atoms with Crippen molar-refractivity contribution in [3.8, 4) is 34.6 Å². The van der Waals surface area contributed by atoms with Crippen LogP contribution in [0.15, 0.2) is 30.3 Å². The molecule has 48 heavy (non-hydrogen) atoms. The molecule has 12 nitrogen and oxygen atoms in total. The first-order valence-corrected chi connectivity index (χ1v) is 21.2. The Balaban J connectivity index is 1.60. The van der Waals surface area contributed by atoms with Gasteiger partial charge in [-0.25, -0.2) is 0 Å². The van der Waals surface area contributed by atoms with E-state index in [0.717, 1.165) is 11.1 Å². The van der Waals surface area contributed by atoms with Gasteiger partial charge in [0.05, 0.1) is 5.56 Å². The summed E-state index contributed by atoms with van der Waals surface area (Å²) in [6.07, 6.45) is 1.44. The summed E-state index contributed by atoms with van der Waals surface area (Å²) in [5, 5.41) is 45.5. The summed E-state index contributed by atoms with van der Waals surface area (Å²) < 4.78 is 38.9. The van der Waals surface area contributed by atoms with Crippen molar-refractivity contribution in [1.29, 1.82) is 0 Å². The fourth-order valence-corrected chi connectivity index (χ4v) is 12.1. The summed E-state index contributed by atoms with van der Waals surface area (Å²) in [5.41, 5.74) is 3.36. The minimum atomic E-state index is -2.90. The van der Waals surface area contributed by atoms with Crippen LogP contribution in [-0.4, -0.2) is 86.8 Å². The largest absolute Gasteiger partial charge is 0.500 e. The van der Waals surface area contributed by atoms with Crippen molar-refractivity contribution in [3.05, 3.63) is 47.0 Å². The zero-order valence-electron chi connectivity index (χ0n) is 29.3. The number of aromatic hydroxyl groups is 4. The van der Waals surface area contributed by atoms with Crippen LogP contribution < -0.4 is 0 Å².